The van der Waals surface area contributed by atoms with Gasteiger partial charge in [0.2, 0.25) is 0 Å². The van der Waals surface area contributed by atoms with Gasteiger partial charge in [-0.25, -0.2) is 0 Å². The highest BCUT2D eigenvalue weighted by molar-refractivity contribution is 4.84. The molecule has 4 rings (SSSR count). The lowest BCUT2D eigenvalue weighted by atomic mass is 10.5. The van der Waals surface area contributed by atoms with Crippen LogP contribution in [0.25, 0.3) is 0 Å². The largest absolute Gasteiger partial charge is 0.370 e. The average molecular weight is 254 g/mol. The minimum Gasteiger partial charge on any atom is -0.370 e. The van der Waals surface area contributed by atoms with E-state index in [1.165, 1.54) is 12.8 Å². The SMILES string of the molecule is C1CC1OCC(OC1CC1)(OC1CC1)OC1CC1. The van der Waals surface area contributed by atoms with Gasteiger partial charge in [0.25, 0.3) is 0 Å². The molecule has 0 unspecified atom stereocenters. The van der Waals surface area contributed by atoms with Crippen LogP contribution in [-0.4, -0.2) is 37.0 Å². The van der Waals surface area contributed by atoms with E-state index in [1.807, 2.05) is 0 Å². The number of hydrogen-bond acceptors (Lipinski definition) is 4. The van der Waals surface area contributed by atoms with Gasteiger partial charge in [-0.05, 0) is 51.4 Å². The lowest BCUT2D eigenvalue weighted by molar-refractivity contribution is -0.406. The third-order valence-corrected chi connectivity index (χ3v) is 3.63. The Labute approximate surface area is 108 Å². The van der Waals surface area contributed by atoms with Gasteiger partial charge in [-0.2, -0.15) is 0 Å². The highest BCUT2D eigenvalue weighted by atomic mass is 16.9. The first-order valence-electron chi connectivity index (χ1n) is 7.46. The smallest absolute Gasteiger partial charge is 0.308 e. The lowest BCUT2D eigenvalue weighted by Crippen LogP contribution is -2.46. The maximum atomic E-state index is 6.06. The van der Waals surface area contributed by atoms with Crippen LogP contribution in [0.3, 0.4) is 0 Å². The highest BCUT2D eigenvalue weighted by Crippen LogP contribution is 2.40. The molecule has 102 valence electrons. The van der Waals surface area contributed by atoms with Gasteiger partial charge in [-0.1, -0.05) is 0 Å². The second-order valence-electron chi connectivity index (χ2n) is 6.15. The second-order valence-corrected chi connectivity index (χ2v) is 6.15. The molecule has 0 aromatic rings. The first kappa shape index (κ1) is 11.6. The zero-order valence-electron chi connectivity index (χ0n) is 10.8. The molecule has 0 aromatic heterocycles. The number of hydrogen-bond donors (Lipinski definition) is 0. The van der Waals surface area contributed by atoms with Crippen molar-refractivity contribution in [1.82, 2.24) is 0 Å². The highest BCUT2D eigenvalue weighted by Gasteiger charge is 2.48. The van der Waals surface area contributed by atoms with Crippen molar-refractivity contribution in [2.75, 3.05) is 6.61 Å². The van der Waals surface area contributed by atoms with E-state index in [0.717, 1.165) is 38.5 Å². The van der Waals surface area contributed by atoms with Gasteiger partial charge in [0, 0.05) is 0 Å². The molecule has 0 amide bonds. The van der Waals surface area contributed by atoms with Crippen molar-refractivity contribution in [2.45, 2.75) is 81.8 Å². The first-order chi connectivity index (χ1) is 8.81. The van der Waals surface area contributed by atoms with E-state index in [9.17, 15) is 0 Å². The van der Waals surface area contributed by atoms with Gasteiger partial charge in [0.05, 0.1) is 24.4 Å². The van der Waals surface area contributed by atoms with E-state index in [-0.39, 0.29) is 0 Å². The van der Waals surface area contributed by atoms with Crippen molar-refractivity contribution in [1.29, 1.82) is 0 Å². The standard InChI is InChI=1S/C14H22O4/c1-2-10(1)15-9-14(16-11-3-4-11,17-12-5-6-12)18-13-7-8-13/h10-13H,1-9H2. The first-order valence-corrected chi connectivity index (χ1v) is 7.46. The monoisotopic (exact) mass is 254 g/mol. The zero-order chi connectivity index (χ0) is 12.0. The topological polar surface area (TPSA) is 36.9 Å². The van der Waals surface area contributed by atoms with Crippen molar-refractivity contribution in [3.63, 3.8) is 0 Å². The van der Waals surface area contributed by atoms with Crippen LogP contribution < -0.4 is 0 Å². The van der Waals surface area contributed by atoms with Crippen molar-refractivity contribution >= 4 is 0 Å². The van der Waals surface area contributed by atoms with Gasteiger partial charge < -0.3 is 18.9 Å². The molecule has 0 aromatic carbocycles. The molecule has 0 aliphatic heterocycles. The Morgan fingerprint density at radius 2 is 1.00 bits per heavy atom. The molecule has 4 aliphatic rings. The molecule has 0 spiro atoms. The molecule has 0 heterocycles. The molecule has 0 bridgehead atoms. The van der Waals surface area contributed by atoms with Crippen LogP contribution in [-0.2, 0) is 18.9 Å². The molecular weight excluding hydrogens is 232 g/mol. The number of rotatable bonds is 9. The van der Waals surface area contributed by atoms with E-state index < -0.39 is 5.97 Å². The summed E-state index contributed by atoms with van der Waals surface area (Å²) >= 11 is 0. The van der Waals surface area contributed by atoms with Crippen molar-refractivity contribution in [3.05, 3.63) is 0 Å². The lowest BCUT2D eigenvalue weighted by Gasteiger charge is -2.33. The predicted octanol–water partition coefficient (Wildman–Crippen LogP) is 2.36. The van der Waals surface area contributed by atoms with Gasteiger partial charge >= 0.3 is 5.97 Å². The van der Waals surface area contributed by atoms with E-state index in [2.05, 4.69) is 0 Å². The number of ether oxygens (including phenoxy) is 4. The van der Waals surface area contributed by atoms with Gasteiger partial charge in [-0.15, -0.1) is 0 Å². The Morgan fingerprint density at radius 1 is 0.611 bits per heavy atom. The summed E-state index contributed by atoms with van der Waals surface area (Å²) in [4.78, 5) is 0. The van der Waals surface area contributed by atoms with Crippen LogP contribution in [0.5, 0.6) is 0 Å². The van der Waals surface area contributed by atoms with Crippen LogP contribution in [0.1, 0.15) is 51.4 Å². The summed E-state index contributed by atoms with van der Waals surface area (Å²) in [6.45, 7) is 0.446. The predicted molar refractivity (Wildman–Crippen MR) is 64.0 cm³/mol. The molecule has 4 heteroatoms. The van der Waals surface area contributed by atoms with Crippen LogP contribution >= 0.6 is 0 Å². The van der Waals surface area contributed by atoms with Crippen molar-refractivity contribution in [2.24, 2.45) is 0 Å². The summed E-state index contributed by atoms with van der Waals surface area (Å²) in [6.07, 6.45) is 10.5. The van der Waals surface area contributed by atoms with Crippen LogP contribution in [0, 0.1) is 0 Å². The molecule has 4 fully saturated rings. The molecule has 0 atom stereocenters. The van der Waals surface area contributed by atoms with E-state index in [1.54, 1.807) is 0 Å². The normalized spacial score (nSPS) is 28.7. The van der Waals surface area contributed by atoms with Gasteiger partial charge in [0.1, 0.15) is 6.61 Å². The third kappa shape index (κ3) is 3.23. The fourth-order valence-corrected chi connectivity index (χ4v) is 1.96. The Hall–Kier alpha value is -0.160. The van der Waals surface area contributed by atoms with Gasteiger partial charge in [0.15, 0.2) is 0 Å². The summed E-state index contributed by atoms with van der Waals surface area (Å²) in [7, 11) is 0. The molecule has 4 saturated carbocycles. The van der Waals surface area contributed by atoms with E-state index in [4.69, 9.17) is 18.9 Å². The van der Waals surface area contributed by atoms with E-state index in [0.29, 0.717) is 31.0 Å². The second kappa shape index (κ2) is 4.44. The van der Waals surface area contributed by atoms with Crippen LogP contribution in [0.2, 0.25) is 0 Å². The average Bonchev–Trinajstić information content (AvgIpc) is 3.20. The fourth-order valence-electron chi connectivity index (χ4n) is 1.96. The molecule has 0 radical (unpaired) electrons. The maximum absolute atomic E-state index is 6.06. The minimum atomic E-state index is -0.897. The summed E-state index contributed by atoms with van der Waals surface area (Å²) in [5.41, 5.74) is 0. The van der Waals surface area contributed by atoms with Gasteiger partial charge in [-0.3, -0.25) is 0 Å². The Balaban J connectivity index is 1.41. The Bertz CT molecular complexity index is 267. The molecule has 18 heavy (non-hydrogen) atoms. The minimum absolute atomic E-state index is 0.324. The molecular formula is C14H22O4. The fraction of sp³-hybridized carbons (Fsp3) is 1.00. The summed E-state index contributed by atoms with van der Waals surface area (Å²) < 4.78 is 24.0. The summed E-state index contributed by atoms with van der Waals surface area (Å²) in [6, 6.07) is 0. The Kier molecular flexibility index (Phi) is 2.87. The van der Waals surface area contributed by atoms with Crippen molar-refractivity contribution < 1.29 is 18.9 Å². The molecule has 0 N–H and O–H groups in total. The quantitative estimate of drug-likeness (QED) is 0.592. The molecule has 4 aliphatic carbocycles. The van der Waals surface area contributed by atoms with Crippen LogP contribution in [0.4, 0.5) is 0 Å². The van der Waals surface area contributed by atoms with E-state index >= 15 is 0 Å². The molecule has 4 nitrogen and oxygen atoms in total. The van der Waals surface area contributed by atoms with Crippen molar-refractivity contribution in [3.8, 4) is 0 Å². The maximum Gasteiger partial charge on any atom is 0.308 e. The zero-order valence-corrected chi connectivity index (χ0v) is 10.8. The Morgan fingerprint density at radius 3 is 1.33 bits per heavy atom. The third-order valence-electron chi connectivity index (χ3n) is 3.63. The van der Waals surface area contributed by atoms with Crippen LogP contribution in [0.15, 0.2) is 0 Å². The molecule has 0 saturated heterocycles. The summed E-state index contributed by atoms with van der Waals surface area (Å²) in [5, 5.41) is 0. The summed E-state index contributed by atoms with van der Waals surface area (Å²) in [5.74, 6) is -0.897.